The first kappa shape index (κ1) is 15.0. The largest absolute Gasteiger partial charge is 0.497 e. The molecule has 2 heterocycles. The van der Waals surface area contributed by atoms with Gasteiger partial charge in [-0.2, -0.15) is 0 Å². The fraction of sp³-hybridized carbons (Fsp3) is 0.500. The summed E-state index contributed by atoms with van der Waals surface area (Å²) in [5.41, 5.74) is 0. The number of nitrogens with zero attached hydrogens (tertiary/aromatic N) is 1. The number of anilines is 1. The van der Waals surface area contributed by atoms with Crippen molar-refractivity contribution in [2.75, 3.05) is 12.4 Å². The van der Waals surface area contributed by atoms with Gasteiger partial charge in [-0.05, 0) is 29.3 Å². The van der Waals surface area contributed by atoms with Crippen LogP contribution in [0, 0.1) is 0 Å². The molecular weight excluding hydrogens is 425 g/mol. The molecule has 0 aromatic carbocycles. The maximum atomic E-state index is 12.1. The van der Waals surface area contributed by atoms with Crippen molar-refractivity contribution in [1.82, 2.24) is 10.3 Å². The van der Waals surface area contributed by atoms with Gasteiger partial charge in [-0.25, -0.2) is 4.98 Å². The van der Waals surface area contributed by atoms with Gasteiger partial charge < -0.3 is 15.4 Å². The molecule has 2 rings (SSSR count). The molecule has 1 aromatic heterocycles. The summed E-state index contributed by atoms with van der Waals surface area (Å²) >= 11 is 5.66. The summed E-state index contributed by atoms with van der Waals surface area (Å²) < 4.78 is 6.24. The Morgan fingerprint density at radius 3 is 2.95 bits per heavy atom. The van der Waals surface area contributed by atoms with Crippen LogP contribution in [-0.2, 0) is 4.79 Å². The number of methoxy groups -OCH3 is 1. The van der Waals surface area contributed by atoms with E-state index in [1.54, 1.807) is 19.2 Å². The molecule has 5 nitrogen and oxygen atoms in total. The first-order valence-electron chi connectivity index (χ1n) is 5.92. The lowest BCUT2D eigenvalue weighted by Gasteiger charge is -2.12. The number of ether oxygens (including phenoxy) is 1. The average molecular weight is 440 g/mol. The van der Waals surface area contributed by atoms with Gasteiger partial charge >= 0.3 is 0 Å². The molecule has 2 N–H and O–H groups in total. The summed E-state index contributed by atoms with van der Waals surface area (Å²) in [6, 6.07) is 3.62. The number of rotatable bonds is 3. The van der Waals surface area contributed by atoms with Crippen molar-refractivity contribution in [2.24, 2.45) is 0 Å². The Hall–Kier alpha value is -0.410. The van der Waals surface area contributed by atoms with E-state index >= 15 is 0 Å². The van der Waals surface area contributed by atoms with Crippen LogP contribution in [0.4, 0.5) is 5.82 Å². The standard InChI is InChI=1S/C12H15BrIN3O2/c1-6-8(14)5-9(15-6)12(18)17-11-4-7(19-2)3-10(13)16-11/h3-4,6,8-9,15H,5H2,1-2H3,(H,16,17,18)/t6-,8-,9+/m1/s1. The smallest absolute Gasteiger partial charge is 0.242 e. The minimum atomic E-state index is -0.163. The highest BCUT2D eigenvalue weighted by molar-refractivity contribution is 14.1. The third-order valence-electron chi connectivity index (χ3n) is 3.04. The Morgan fingerprint density at radius 1 is 1.63 bits per heavy atom. The zero-order valence-corrected chi connectivity index (χ0v) is 14.4. The van der Waals surface area contributed by atoms with Crippen LogP contribution in [0.2, 0.25) is 0 Å². The maximum absolute atomic E-state index is 12.1. The molecule has 1 fully saturated rings. The Kier molecular flexibility index (Phi) is 5.02. The van der Waals surface area contributed by atoms with Gasteiger partial charge in [0.1, 0.15) is 16.2 Å². The molecule has 19 heavy (non-hydrogen) atoms. The minimum Gasteiger partial charge on any atom is -0.497 e. The summed E-state index contributed by atoms with van der Waals surface area (Å²) in [6.45, 7) is 2.09. The predicted molar refractivity (Wildman–Crippen MR) is 85.9 cm³/mol. The highest BCUT2D eigenvalue weighted by atomic mass is 127. The molecular formula is C12H15BrIN3O2. The highest BCUT2D eigenvalue weighted by Crippen LogP contribution is 2.24. The van der Waals surface area contributed by atoms with E-state index in [-0.39, 0.29) is 11.9 Å². The van der Waals surface area contributed by atoms with Crippen LogP contribution in [0.1, 0.15) is 13.3 Å². The van der Waals surface area contributed by atoms with Gasteiger partial charge in [0.2, 0.25) is 5.91 Å². The number of pyridine rings is 1. The normalized spacial score (nSPS) is 26.2. The number of carbonyl (C=O) groups is 1. The molecule has 1 aliphatic heterocycles. The molecule has 1 aromatic rings. The van der Waals surface area contributed by atoms with Gasteiger partial charge in [0.15, 0.2) is 0 Å². The van der Waals surface area contributed by atoms with E-state index in [1.165, 1.54) is 0 Å². The number of alkyl halides is 1. The van der Waals surface area contributed by atoms with Crippen LogP contribution >= 0.6 is 38.5 Å². The van der Waals surface area contributed by atoms with Gasteiger partial charge in [-0.15, -0.1) is 0 Å². The topological polar surface area (TPSA) is 63.2 Å². The van der Waals surface area contributed by atoms with Crippen molar-refractivity contribution in [3.05, 3.63) is 16.7 Å². The molecule has 0 spiro atoms. The Morgan fingerprint density at radius 2 is 2.37 bits per heavy atom. The number of aromatic nitrogens is 1. The molecule has 104 valence electrons. The molecule has 1 aliphatic rings. The van der Waals surface area contributed by atoms with Crippen LogP contribution in [0.15, 0.2) is 16.7 Å². The molecule has 0 unspecified atom stereocenters. The third-order valence-corrected chi connectivity index (χ3v) is 5.03. The number of nitrogens with one attached hydrogen (secondary N) is 2. The first-order valence-corrected chi connectivity index (χ1v) is 7.96. The number of hydrogen-bond donors (Lipinski definition) is 2. The fourth-order valence-corrected chi connectivity index (χ4v) is 3.10. The van der Waals surface area contributed by atoms with Crippen LogP contribution < -0.4 is 15.4 Å². The fourth-order valence-electron chi connectivity index (χ4n) is 1.97. The number of amides is 1. The van der Waals surface area contributed by atoms with Gasteiger partial charge in [0.05, 0.1) is 13.2 Å². The second kappa shape index (κ2) is 6.36. The van der Waals surface area contributed by atoms with Gasteiger partial charge in [-0.1, -0.05) is 22.6 Å². The van der Waals surface area contributed by atoms with Crippen molar-refractivity contribution in [1.29, 1.82) is 0 Å². The second-order valence-corrected chi connectivity index (χ2v) is 6.88. The van der Waals surface area contributed by atoms with Crippen LogP contribution in [0.3, 0.4) is 0 Å². The molecule has 1 saturated heterocycles. The van der Waals surface area contributed by atoms with Gasteiger partial charge in [-0.3, -0.25) is 4.79 Å². The summed E-state index contributed by atoms with van der Waals surface area (Å²) in [7, 11) is 1.58. The quantitative estimate of drug-likeness (QED) is 0.431. The molecule has 7 heteroatoms. The maximum Gasteiger partial charge on any atom is 0.242 e. The first-order chi connectivity index (χ1) is 8.99. The van der Waals surface area contributed by atoms with E-state index in [0.29, 0.717) is 26.1 Å². The van der Waals surface area contributed by atoms with E-state index in [0.717, 1.165) is 6.42 Å². The molecule has 0 bridgehead atoms. The number of carbonyl (C=O) groups excluding carboxylic acids is 1. The zero-order chi connectivity index (χ0) is 14.0. The Labute approximate surface area is 134 Å². The molecule has 0 saturated carbocycles. The van der Waals surface area contributed by atoms with Gasteiger partial charge in [0.25, 0.3) is 0 Å². The van der Waals surface area contributed by atoms with Crippen LogP contribution in [0.5, 0.6) is 5.75 Å². The Balaban J connectivity index is 2.05. The minimum absolute atomic E-state index is 0.0568. The monoisotopic (exact) mass is 439 g/mol. The van der Waals surface area contributed by atoms with E-state index in [2.05, 4.69) is 61.1 Å². The Bertz CT molecular complexity index is 476. The van der Waals surface area contributed by atoms with E-state index < -0.39 is 0 Å². The van der Waals surface area contributed by atoms with Crippen LogP contribution in [0.25, 0.3) is 0 Å². The van der Waals surface area contributed by atoms with Gasteiger partial charge in [0, 0.05) is 22.1 Å². The lowest BCUT2D eigenvalue weighted by Crippen LogP contribution is -2.38. The van der Waals surface area contributed by atoms with E-state index in [1.807, 2.05) is 0 Å². The predicted octanol–water partition coefficient (Wildman–Crippen LogP) is 2.35. The molecule has 0 aliphatic carbocycles. The van der Waals surface area contributed by atoms with Crippen molar-refractivity contribution >= 4 is 50.2 Å². The molecule has 3 atom stereocenters. The summed E-state index contributed by atoms with van der Waals surface area (Å²) in [6.07, 6.45) is 0.832. The van der Waals surface area contributed by atoms with Crippen molar-refractivity contribution in [3.63, 3.8) is 0 Å². The van der Waals surface area contributed by atoms with E-state index in [9.17, 15) is 4.79 Å². The summed E-state index contributed by atoms with van der Waals surface area (Å²) in [4.78, 5) is 16.3. The van der Waals surface area contributed by atoms with Crippen molar-refractivity contribution in [3.8, 4) is 5.75 Å². The van der Waals surface area contributed by atoms with E-state index in [4.69, 9.17) is 4.74 Å². The molecule has 0 radical (unpaired) electrons. The zero-order valence-electron chi connectivity index (χ0n) is 10.6. The average Bonchev–Trinajstić information content (AvgIpc) is 2.69. The number of halogens is 2. The summed E-state index contributed by atoms with van der Waals surface area (Å²) in [5, 5.41) is 6.09. The SMILES string of the molecule is COc1cc(Br)nc(NC(=O)[C@@H]2C[C@@H](I)[C@@H](C)N2)c1. The molecule has 1 amide bonds. The lowest BCUT2D eigenvalue weighted by molar-refractivity contribution is -0.117. The number of hydrogen-bond acceptors (Lipinski definition) is 4. The lowest BCUT2D eigenvalue weighted by atomic mass is 10.2. The van der Waals surface area contributed by atoms with Crippen LogP contribution in [-0.4, -0.2) is 34.0 Å². The third kappa shape index (κ3) is 3.79. The van der Waals surface area contributed by atoms with Crippen molar-refractivity contribution < 1.29 is 9.53 Å². The highest BCUT2D eigenvalue weighted by Gasteiger charge is 2.33. The van der Waals surface area contributed by atoms with Crippen molar-refractivity contribution in [2.45, 2.75) is 29.4 Å². The second-order valence-electron chi connectivity index (χ2n) is 4.46. The summed E-state index contributed by atoms with van der Waals surface area (Å²) in [5.74, 6) is 1.08.